The Morgan fingerprint density at radius 2 is 2.16 bits per heavy atom. The van der Waals surface area contributed by atoms with Crippen molar-refractivity contribution in [2.24, 2.45) is 7.05 Å². The van der Waals surface area contributed by atoms with E-state index < -0.39 is 6.04 Å². The van der Waals surface area contributed by atoms with E-state index in [1.54, 1.807) is 20.9 Å². The smallest absolute Gasteiger partial charge is 0.315 e. The highest BCUT2D eigenvalue weighted by atomic mass is 32.1. The van der Waals surface area contributed by atoms with E-state index in [1.165, 1.54) is 0 Å². The summed E-state index contributed by atoms with van der Waals surface area (Å²) in [4.78, 5) is 31.7. The van der Waals surface area contributed by atoms with E-state index in [2.05, 4.69) is 20.7 Å². The summed E-state index contributed by atoms with van der Waals surface area (Å²) in [6.45, 7) is 6.72. The van der Waals surface area contributed by atoms with Crippen molar-refractivity contribution in [3.8, 4) is 0 Å². The van der Waals surface area contributed by atoms with Gasteiger partial charge in [-0.25, -0.2) is 9.78 Å². The molecular formula is C16H22N6O2S. The van der Waals surface area contributed by atoms with E-state index in [0.717, 1.165) is 27.1 Å². The molecule has 1 aliphatic rings. The molecule has 0 aromatic carbocycles. The molecule has 0 saturated carbocycles. The van der Waals surface area contributed by atoms with Crippen molar-refractivity contribution in [3.05, 3.63) is 27.3 Å². The number of aryl methyl sites for hydroxylation is 4. The second-order valence-corrected chi connectivity index (χ2v) is 7.45. The summed E-state index contributed by atoms with van der Waals surface area (Å²) in [5, 5.41) is 10.8. The highest BCUT2D eigenvalue weighted by Gasteiger charge is 2.35. The Morgan fingerprint density at radius 3 is 2.76 bits per heavy atom. The Balaban J connectivity index is 1.56. The fraction of sp³-hybridized carbons (Fsp3) is 0.500. The number of urea groups is 1. The zero-order chi connectivity index (χ0) is 18.1. The number of rotatable bonds is 4. The number of anilines is 1. The van der Waals surface area contributed by atoms with Crippen molar-refractivity contribution < 1.29 is 9.59 Å². The van der Waals surface area contributed by atoms with Gasteiger partial charge in [0.05, 0.1) is 22.9 Å². The van der Waals surface area contributed by atoms with Crippen molar-refractivity contribution in [2.75, 3.05) is 11.4 Å². The van der Waals surface area contributed by atoms with Gasteiger partial charge in [0, 0.05) is 24.5 Å². The number of thiazole rings is 1. The molecule has 3 heterocycles. The first-order chi connectivity index (χ1) is 11.8. The van der Waals surface area contributed by atoms with Gasteiger partial charge in [-0.15, -0.1) is 11.3 Å². The van der Waals surface area contributed by atoms with Gasteiger partial charge in [-0.05, 0) is 27.2 Å². The zero-order valence-electron chi connectivity index (χ0n) is 14.8. The first kappa shape index (κ1) is 17.4. The van der Waals surface area contributed by atoms with Gasteiger partial charge in [0.2, 0.25) is 0 Å². The normalized spacial score (nSPS) is 17.2. The predicted molar refractivity (Wildman–Crippen MR) is 95.7 cm³/mol. The minimum absolute atomic E-state index is 0.108. The average molecular weight is 362 g/mol. The van der Waals surface area contributed by atoms with E-state index in [0.29, 0.717) is 19.5 Å². The van der Waals surface area contributed by atoms with Crippen LogP contribution in [0.3, 0.4) is 0 Å². The maximum Gasteiger partial charge on any atom is 0.315 e. The molecule has 1 saturated heterocycles. The molecule has 9 heteroatoms. The molecule has 1 unspecified atom stereocenters. The Kier molecular flexibility index (Phi) is 4.76. The minimum Gasteiger partial charge on any atom is -0.333 e. The SMILES string of the molecule is Cc1cc(N2CCC(NC(=O)NCc3sc(C)nc3C)C2=O)n(C)n1. The van der Waals surface area contributed by atoms with Crippen molar-refractivity contribution in [2.45, 2.75) is 39.8 Å². The fourth-order valence-electron chi connectivity index (χ4n) is 3.00. The summed E-state index contributed by atoms with van der Waals surface area (Å²) in [7, 11) is 1.81. The molecule has 0 bridgehead atoms. The molecule has 134 valence electrons. The van der Waals surface area contributed by atoms with Crippen LogP contribution in [0.5, 0.6) is 0 Å². The summed E-state index contributed by atoms with van der Waals surface area (Å²) in [6, 6.07) is 1.02. The molecule has 2 aromatic rings. The average Bonchev–Trinajstić information content (AvgIpc) is 3.16. The first-order valence-corrected chi connectivity index (χ1v) is 8.96. The van der Waals surface area contributed by atoms with Crippen molar-refractivity contribution in [1.82, 2.24) is 25.4 Å². The summed E-state index contributed by atoms with van der Waals surface area (Å²) in [5.41, 5.74) is 1.78. The minimum atomic E-state index is -0.514. The fourth-order valence-corrected chi connectivity index (χ4v) is 3.88. The van der Waals surface area contributed by atoms with Gasteiger partial charge < -0.3 is 10.6 Å². The molecule has 0 spiro atoms. The molecule has 3 rings (SSSR count). The van der Waals surface area contributed by atoms with E-state index >= 15 is 0 Å². The van der Waals surface area contributed by atoms with E-state index in [4.69, 9.17) is 0 Å². The molecular weight excluding hydrogens is 340 g/mol. The van der Waals surface area contributed by atoms with Crippen LogP contribution in [0, 0.1) is 20.8 Å². The van der Waals surface area contributed by atoms with Gasteiger partial charge in [-0.1, -0.05) is 0 Å². The van der Waals surface area contributed by atoms with Crippen LogP contribution >= 0.6 is 11.3 Å². The van der Waals surface area contributed by atoms with E-state index in [-0.39, 0.29) is 11.9 Å². The number of carbonyl (C=O) groups is 2. The van der Waals surface area contributed by atoms with Crippen LogP contribution in [0.4, 0.5) is 10.6 Å². The Morgan fingerprint density at radius 1 is 1.40 bits per heavy atom. The van der Waals surface area contributed by atoms with Crippen LogP contribution in [0.1, 0.15) is 27.7 Å². The number of hydrogen-bond acceptors (Lipinski definition) is 5. The monoisotopic (exact) mass is 362 g/mol. The molecule has 25 heavy (non-hydrogen) atoms. The van der Waals surface area contributed by atoms with Gasteiger partial charge in [-0.2, -0.15) is 5.10 Å². The number of aromatic nitrogens is 3. The van der Waals surface area contributed by atoms with Crippen molar-refractivity contribution in [1.29, 1.82) is 0 Å². The molecule has 1 fully saturated rings. The van der Waals surface area contributed by atoms with Crippen molar-refractivity contribution in [3.63, 3.8) is 0 Å². The molecule has 2 aromatic heterocycles. The Labute approximate surface area is 150 Å². The Hall–Kier alpha value is -2.42. The number of amides is 3. The topological polar surface area (TPSA) is 92.2 Å². The molecule has 0 radical (unpaired) electrons. The standard InChI is InChI=1S/C16H22N6O2S/c1-9-7-14(21(4)20-9)22-6-5-12(15(22)23)19-16(24)17-8-13-10(2)18-11(3)25-13/h7,12H,5-6,8H2,1-4H3,(H2,17,19,24). The van der Waals surface area contributed by atoms with Crippen LogP contribution in [0.25, 0.3) is 0 Å². The lowest BCUT2D eigenvalue weighted by atomic mass is 10.2. The van der Waals surface area contributed by atoms with Crippen LogP contribution in [0.2, 0.25) is 0 Å². The lowest BCUT2D eigenvalue weighted by molar-refractivity contribution is -0.118. The predicted octanol–water partition coefficient (Wildman–Crippen LogP) is 1.41. The Bertz CT molecular complexity index is 812. The largest absolute Gasteiger partial charge is 0.333 e. The third kappa shape index (κ3) is 3.65. The highest BCUT2D eigenvalue weighted by molar-refractivity contribution is 7.11. The second kappa shape index (κ2) is 6.83. The summed E-state index contributed by atoms with van der Waals surface area (Å²) >= 11 is 1.56. The lowest BCUT2D eigenvalue weighted by Gasteiger charge is -2.17. The molecule has 8 nitrogen and oxygen atoms in total. The molecule has 0 aliphatic carbocycles. The lowest BCUT2D eigenvalue weighted by Crippen LogP contribution is -2.46. The second-order valence-electron chi connectivity index (χ2n) is 6.17. The summed E-state index contributed by atoms with van der Waals surface area (Å²) in [5.74, 6) is 0.644. The van der Waals surface area contributed by atoms with Crippen LogP contribution in [-0.4, -0.2) is 39.3 Å². The number of carbonyl (C=O) groups excluding carboxylic acids is 2. The zero-order valence-corrected chi connectivity index (χ0v) is 15.6. The van der Waals surface area contributed by atoms with Gasteiger partial charge >= 0.3 is 6.03 Å². The quantitative estimate of drug-likeness (QED) is 0.860. The third-order valence-corrected chi connectivity index (χ3v) is 5.25. The van der Waals surface area contributed by atoms with Gasteiger partial charge in [0.1, 0.15) is 11.9 Å². The highest BCUT2D eigenvalue weighted by Crippen LogP contribution is 2.22. The third-order valence-electron chi connectivity index (χ3n) is 4.17. The molecule has 2 N–H and O–H groups in total. The maximum atomic E-state index is 12.6. The van der Waals surface area contributed by atoms with Crippen molar-refractivity contribution >= 4 is 29.1 Å². The van der Waals surface area contributed by atoms with E-state index in [1.807, 2.05) is 33.9 Å². The number of nitrogens with zero attached hydrogens (tertiary/aromatic N) is 4. The first-order valence-electron chi connectivity index (χ1n) is 8.14. The summed E-state index contributed by atoms with van der Waals surface area (Å²) in [6.07, 6.45) is 0.579. The molecule has 3 amide bonds. The number of hydrogen-bond donors (Lipinski definition) is 2. The van der Waals surface area contributed by atoms with Gasteiger partial charge in [0.25, 0.3) is 5.91 Å². The van der Waals surface area contributed by atoms with Gasteiger partial charge in [0.15, 0.2) is 0 Å². The van der Waals surface area contributed by atoms with Crippen LogP contribution in [0.15, 0.2) is 6.07 Å². The molecule has 1 atom stereocenters. The van der Waals surface area contributed by atoms with Gasteiger partial charge in [-0.3, -0.25) is 14.4 Å². The van der Waals surface area contributed by atoms with Crippen LogP contribution in [-0.2, 0) is 18.4 Å². The van der Waals surface area contributed by atoms with E-state index in [9.17, 15) is 9.59 Å². The summed E-state index contributed by atoms with van der Waals surface area (Å²) < 4.78 is 1.69. The maximum absolute atomic E-state index is 12.6. The van der Waals surface area contributed by atoms with Crippen LogP contribution < -0.4 is 15.5 Å². The number of nitrogens with one attached hydrogen (secondary N) is 2. The molecule has 1 aliphatic heterocycles.